The number of hydrogen-bond donors (Lipinski definition) is 0. The van der Waals surface area contributed by atoms with E-state index in [1.54, 1.807) is 16.8 Å². The average molecular weight is 320 g/mol. The summed E-state index contributed by atoms with van der Waals surface area (Å²) in [6, 6.07) is 0. The van der Waals surface area contributed by atoms with Crippen molar-refractivity contribution >= 4 is 22.4 Å². The molecule has 1 spiro atoms. The lowest BCUT2D eigenvalue weighted by molar-refractivity contribution is 0.263. The monoisotopic (exact) mass is 320 g/mol. The third-order valence-corrected chi connectivity index (χ3v) is 5.36. The van der Waals surface area contributed by atoms with E-state index >= 15 is 0 Å². The van der Waals surface area contributed by atoms with Gasteiger partial charge in [-0.3, -0.25) is 0 Å². The number of aromatic nitrogens is 4. The van der Waals surface area contributed by atoms with Gasteiger partial charge in [-0.05, 0) is 19.3 Å². The summed E-state index contributed by atoms with van der Waals surface area (Å²) in [5, 5.41) is 9.15. The van der Waals surface area contributed by atoms with Gasteiger partial charge in [0, 0.05) is 31.6 Å². The van der Waals surface area contributed by atoms with Gasteiger partial charge in [0.15, 0.2) is 5.82 Å². The maximum Gasteiger partial charge on any atom is 0.225 e. The summed E-state index contributed by atoms with van der Waals surface area (Å²) >= 11 is 1.59. The van der Waals surface area contributed by atoms with Gasteiger partial charge in [-0.2, -0.15) is 0 Å². The maximum absolute atomic E-state index is 13.0. The fraction of sp³-hybridized carbons (Fsp3) is 0.571. The topological polar surface area (TPSA) is 58.0 Å². The Bertz CT molecular complexity index is 633. The molecule has 0 N–H and O–H groups in total. The first-order valence-corrected chi connectivity index (χ1v) is 8.36. The van der Waals surface area contributed by atoms with Crippen LogP contribution >= 0.6 is 11.3 Å². The Morgan fingerprint density at radius 3 is 2.68 bits per heavy atom. The van der Waals surface area contributed by atoms with Crippen molar-refractivity contribution in [1.82, 2.24) is 20.2 Å². The first-order chi connectivity index (χ1) is 10.7. The SMILES string of the molecule is Fc1cnc(N2CC[C@@]3(CCCN(c4nncs4)C3)C2)nc1. The van der Waals surface area contributed by atoms with Gasteiger partial charge >= 0.3 is 0 Å². The molecule has 4 rings (SSSR count). The fourth-order valence-electron chi connectivity index (χ4n) is 3.58. The Kier molecular flexibility index (Phi) is 3.40. The Hall–Kier alpha value is -1.83. The molecular formula is C14H17FN6S. The molecule has 2 aromatic heterocycles. The highest BCUT2D eigenvalue weighted by Gasteiger charge is 2.42. The van der Waals surface area contributed by atoms with Crippen molar-refractivity contribution in [3.8, 4) is 0 Å². The molecule has 0 unspecified atom stereocenters. The molecule has 8 heteroatoms. The lowest BCUT2D eigenvalue weighted by Crippen LogP contribution is -2.45. The van der Waals surface area contributed by atoms with Crippen LogP contribution in [0.1, 0.15) is 19.3 Å². The van der Waals surface area contributed by atoms with Gasteiger partial charge in [-0.25, -0.2) is 14.4 Å². The minimum atomic E-state index is -0.391. The summed E-state index contributed by atoms with van der Waals surface area (Å²) in [6.07, 6.45) is 5.96. The van der Waals surface area contributed by atoms with Crippen molar-refractivity contribution in [2.75, 3.05) is 36.0 Å². The van der Waals surface area contributed by atoms with Gasteiger partial charge < -0.3 is 9.80 Å². The summed E-state index contributed by atoms with van der Waals surface area (Å²) in [6.45, 7) is 3.90. The second-order valence-corrected chi connectivity index (χ2v) is 6.93. The molecule has 0 radical (unpaired) electrons. The van der Waals surface area contributed by atoms with Crippen molar-refractivity contribution in [1.29, 1.82) is 0 Å². The predicted molar refractivity (Wildman–Crippen MR) is 82.6 cm³/mol. The van der Waals surface area contributed by atoms with E-state index in [2.05, 4.69) is 30.0 Å². The molecule has 2 aliphatic heterocycles. The van der Waals surface area contributed by atoms with E-state index in [4.69, 9.17) is 0 Å². The molecule has 22 heavy (non-hydrogen) atoms. The van der Waals surface area contributed by atoms with E-state index in [1.807, 2.05) is 0 Å². The van der Waals surface area contributed by atoms with Gasteiger partial charge in [0.05, 0.1) is 12.4 Å². The summed E-state index contributed by atoms with van der Waals surface area (Å²) in [5.41, 5.74) is 2.03. The molecule has 2 saturated heterocycles. The first kappa shape index (κ1) is 13.8. The minimum absolute atomic E-state index is 0.252. The Balaban J connectivity index is 1.49. The van der Waals surface area contributed by atoms with E-state index in [0.717, 1.165) is 44.2 Å². The number of nitrogens with zero attached hydrogens (tertiary/aromatic N) is 6. The first-order valence-electron chi connectivity index (χ1n) is 7.48. The van der Waals surface area contributed by atoms with Crippen LogP contribution < -0.4 is 9.80 Å². The highest BCUT2D eigenvalue weighted by atomic mass is 32.1. The lowest BCUT2D eigenvalue weighted by Gasteiger charge is -2.40. The summed E-state index contributed by atoms with van der Waals surface area (Å²) < 4.78 is 13.0. The lowest BCUT2D eigenvalue weighted by atomic mass is 9.79. The highest BCUT2D eigenvalue weighted by molar-refractivity contribution is 7.13. The third-order valence-electron chi connectivity index (χ3n) is 4.61. The number of rotatable bonds is 2. The summed E-state index contributed by atoms with van der Waals surface area (Å²) in [7, 11) is 0. The fourth-order valence-corrected chi connectivity index (χ4v) is 4.17. The van der Waals surface area contributed by atoms with Crippen LogP contribution in [0.4, 0.5) is 15.5 Å². The molecule has 0 aliphatic carbocycles. The largest absolute Gasteiger partial charge is 0.346 e. The Morgan fingerprint density at radius 1 is 1.09 bits per heavy atom. The van der Waals surface area contributed by atoms with Crippen molar-refractivity contribution in [2.45, 2.75) is 19.3 Å². The average Bonchev–Trinajstić information content (AvgIpc) is 3.19. The molecule has 1 atom stereocenters. The van der Waals surface area contributed by atoms with Gasteiger partial charge in [0.1, 0.15) is 5.51 Å². The predicted octanol–water partition coefficient (Wildman–Crippen LogP) is 1.96. The van der Waals surface area contributed by atoms with E-state index in [9.17, 15) is 4.39 Å². The van der Waals surface area contributed by atoms with Crippen LogP contribution in [-0.4, -0.2) is 46.3 Å². The molecule has 6 nitrogen and oxygen atoms in total. The van der Waals surface area contributed by atoms with E-state index < -0.39 is 5.82 Å². The molecule has 0 aromatic carbocycles. The summed E-state index contributed by atoms with van der Waals surface area (Å²) in [4.78, 5) is 12.7. The minimum Gasteiger partial charge on any atom is -0.346 e. The van der Waals surface area contributed by atoms with Crippen molar-refractivity contribution in [3.63, 3.8) is 0 Å². The molecule has 116 valence electrons. The zero-order valence-corrected chi connectivity index (χ0v) is 13.0. The van der Waals surface area contributed by atoms with Crippen molar-refractivity contribution < 1.29 is 4.39 Å². The summed E-state index contributed by atoms with van der Waals surface area (Å²) in [5.74, 6) is 0.240. The molecular weight excluding hydrogens is 303 g/mol. The van der Waals surface area contributed by atoms with Crippen LogP contribution in [0.3, 0.4) is 0 Å². The Morgan fingerprint density at radius 2 is 1.91 bits per heavy atom. The number of anilines is 2. The second kappa shape index (κ2) is 5.42. The van der Waals surface area contributed by atoms with E-state index in [0.29, 0.717) is 5.95 Å². The van der Waals surface area contributed by atoms with Crippen LogP contribution in [0.2, 0.25) is 0 Å². The smallest absolute Gasteiger partial charge is 0.225 e. The molecule has 0 bridgehead atoms. The second-order valence-electron chi connectivity index (χ2n) is 6.12. The van der Waals surface area contributed by atoms with Crippen molar-refractivity contribution in [2.24, 2.45) is 5.41 Å². The normalized spacial score (nSPS) is 25.1. The van der Waals surface area contributed by atoms with Gasteiger partial charge in [0.2, 0.25) is 11.1 Å². The molecule has 2 aliphatic rings. The van der Waals surface area contributed by atoms with E-state index in [-0.39, 0.29) is 5.41 Å². The van der Waals surface area contributed by atoms with Crippen LogP contribution in [0.25, 0.3) is 0 Å². The van der Waals surface area contributed by atoms with Gasteiger partial charge in [-0.15, -0.1) is 10.2 Å². The van der Waals surface area contributed by atoms with Crippen LogP contribution in [0.15, 0.2) is 17.9 Å². The molecule has 4 heterocycles. The third kappa shape index (κ3) is 2.51. The number of halogens is 1. The van der Waals surface area contributed by atoms with Gasteiger partial charge in [0.25, 0.3) is 0 Å². The molecule has 0 amide bonds. The van der Waals surface area contributed by atoms with E-state index in [1.165, 1.54) is 18.8 Å². The van der Waals surface area contributed by atoms with Crippen LogP contribution in [0, 0.1) is 11.2 Å². The van der Waals surface area contributed by atoms with Crippen LogP contribution in [0.5, 0.6) is 0 Å². The Labute approximate surface area is 132 Å². The standard InChI is InChI=1S/C14H17FN6S/c15-11-6-16-12(17-7-11)20-5-3-14(8-20)2-1-4-21(9-14)13-19-18-10-22-13/h6-7,10H,1-5,8-9H2/t14-/m0/s1. The highest BCUT2D eigenvalue weighted by Crippen LogP contribution is 2.41. The molecule has 2 fully saturated rings. The zero-order valence-electron chi connectivity index (χ0n) is 12.2. The van der Waals surface area contributed by atoms with Crippen molar-refractivity contribution in [3.05, 3.63) is 23.7 Å². The quantitative estimate of drug-likeness (QED) is 0.843. The van der Waals surface area contributed by atoms with Crippen LogP contribution in [-0.2, 0) is 0 Å². The maximum atomic E-state index is 13.0. The number of hydrogen-bond acceptors (Lipinski definition) is 7. The zero-order chi connectivity index (χ0) is 15.0. The number of piperidine rings is 1. The van der Waals surface area contributed by atoms with Gasteiger partial charge in [-0.1, -0.05) is 11.3 Å². The molecule has 0 saturated carbocycles. The molecule has 2 aromatic rings.